The van der Waals surface area contributed by atoms with E-state index in [0.717, 1.165) is 17.3 Å². The van der Waals surface area contributed by atoms with Crippen molar-refractivity contribution in [2.45, 2.75) is 96.8 Å². The van der Waals surface area contributed by atoms with Gasteiger partial charge in [-0.2, -0.15) is 5.10 Å². The van der Waals surface area contributed by atoms with Gasteiger partial charge in [0.15, 0.2) is 0 Å². The molecule has 5 nitrogen and oxygen atoms in total. The minimum atomic E-state index is -0.500. The summed E-state index contributed by atoms with van der Waals surface area (Å²) in [6.07, 6.45) is 18.5. The van der Waals surface area contributed by atoms with Gasteiger partial charge in [-0.25, -0.2) is 10.2 Å². The quantitative estimate of drug-likeness (QED) is 0.0617. The van der Waals surface area contributed by atoms with Crippen LogP contribution in [0.5, 0.6) is 5.75 Å². The Kier molecular flexibility index (Phi) is 15.9. The maximum Gasteiger partial charge on any atom is 0.343 e. The second-order valence-electron chi connectivity index (χ2n) is 9.36. The molecule has 0 saturated heterocycles. The second kappa shape index (κ2) is 19.0. The highest BCUT2D eigenvalue weighted by atomic mass is 79.9. The maximum absolute atomic E-state index is 12.5. The molecular weight excluding hydrogens is 552 g/mol. The lowest BCUT2D eigenvalue weighted by Gasteiger charge is -2.08. The number of unbranched alkanes of at least 4 members (excludes halogenated alkanes) is 12. The SMILES string of the molecule is CCCCCCCCCCCCCCCC(=O)N/N=C/c1cc(Br)ccc1OC(=O)c1ccc(Cl)cc1. The van der Waals surface area contributed by atoms with Crippen molar-refractivity contribution in [2.75, 3.05) is 0 Å². The van der Waals surface area contributed by atoms with Crippen molar-refractivity contribution in [2.24, 2.45) is 5.10 Å². The molecule has 0 aliphatic heterocycles. The zero-order chi connectivity index (χ0) is 26.7. The molecule has 1 amide bonds. The van der Waals surface area contributed by atoms with Gasteiger partial charge in [0.2, 0.25) is 5.91 Å². The Morgan fingerprint density at radius 2 is 1.43 bits per heavy atom. The molecule has 202 valence electrons. The van der Waals surface area contributed by atoms with Crippen LogP contribution >= 0.6 is 27.5 Å². The van der Waals surface area contributed by atoms with E-state index in [1.54, 1.807) is 42.5 Å². The molecule has 0 spiro atoms. The van der Waals surface area contributed by atoms with E-state index < -0.39 is 5.97 Å². The van der Waals surface area contributed by atoms with E-state index in [1.807, 2.05) is 0 Å². The lowest BCUT2D eigenvalue weighted by atomic mass is 10.0. The van der Waals surface area contributed by atoms with Crippen molar-refractivity contribution >= 4 is 45.6 Å². The molecule has 0 atom stereocenters. The fourth-order valence-electron chi connectivity index (χ4n) is 3.99. The van der Waals surface area contributed by atoms with E-state index >= 15 is 0 Å². The van der Waals surface area contributed by atoms with Crippen molar-refractivity contribution < 1.29 is 14.3 Å². The minimum absolute atomic E-state index is 0.117. The second-order valence-corrected chi connectivity index (χ2v) is 10.7. The van der Waals surface area contributed by atoms with Crippen molar-refractivity contribution in [1.82, 2.24) is 5.43 Å². The number of benzene rings is 2. The fraction of sp³-hybridized carbons (Fsp3) is 0.500. The third-order valence-corrected chi connectivity index (χ3v) is 6.90. The summed E-state index contributed by atoms with van der Waals surface area (Å²) in [6, 6.07) is 11.7. The molecule has 0 aliphatic carbocycles. The third kappa shape index (κ3) is 13.8. The first-order chi connectivity index (χ1) is 18.0. The standard InChI is InChI=1S/C30H40BrClN2O3/c1-2-3-4-5-6-7-8-9-10-11-12-13-14-15-29(35)34-33-23-25-22-26(31)18-21-28(25)37-30(36)24-16-19-27(32)20-17-24/h16-23H,2-15H2,1H3,(H,34,35)/b33-23+. The minimum Gasteiger partial charge on any atom is -0.422 e. The maximum atomic E-state index is 12.5. The number of hydrogen-bond donors (Lipinski definition) is 1. The van der Waals surface area contributed by atoms with Crippen molar-refractivity contribution in [3.63, 3.8) is 0 Å². The van der Waals surface area contributed by atoms with E-state index in [2.05, 4.69) is 33.4 Å². The Balaban J connectivity index is 1.63. The molecule has 0 bridgehead atoms. The summed E-state index contributed by atoms with van der Waals surface area (Å²) in [5.74, 6) is -0.272. The smallest absolute Gasteiger partial charge is 0.343 e. The topological polar surface area (TPSA) is 67.8 Å². The van der Waals surface area contributed by atoms with Crippen LogP contribution in [0, 0.1) is 0 Å². The highest BCUT2D eigenvalue weighted by Crippen LogP contribution is 2.23. The third-order valence-electron chi connectivity index (χ3n) is 6.15. The Morgan fingerprint density at radius 1 is 0.865 bits per heavy atom. The van der Waals surface area contributed by atoms with Crippen LogP contribution in [0.3, 0.4) is 0 Å². The number of esters is 1. The van der Waals surface area contributed by atoms with Gasteiger partial charge in [0.1, 0.15) is 5.75 Å². The van der Waals surface area contributed by atoms with Gasteiger partial charge < -0.3 is 4.74 Å². The summed E-state index contributed by atoms with van der Waals surface area (Å²) < 4.78 is 6.33. The molecule has 1 N–H and O–H groups in total. The largest absolute Gasteiger partial charge is 0.422 e. The number of hydrogen-bond acceptors (Lipinski definition) is 4. The number of carbonyl (C=O) groups excluding carboxylic acids is 2. The predicted octanol–water partition coefficient (Wildman–Crippen LogP) is 9.25. The van der Waals surface area contributed by atoms with E-state index in [9.17, 15) is 9.59 Å². The van der Waals surface area contributed by atoms with Crippen LogP contribution in [0.15, 0.2) is 52.0 Å². The van der Waals surface area contributed by atoms with Gasteiger partial charge in [-0.3, -0.25) is 4.79 Å². The average Bonchev–Trinajstić information content (AvgIpc) is 2.88. The molecule has 0 saturated carbocycles. The molecule has 0 heterocycles. The molecule has 0 aromatic heterocycles. The summed E-state index contributed by atoms with van der Waals surface area (Å²) in [6.45, 7) is 2.26. The van der Waals surface area contributed by atoms with Gasteiger partial charge in [0, 0.05) is 21.5 Å². The van der Waals surface area contributed by atoms with Gasteiger partial charge in [0.05, 0.1) is 11.8 Å². The first-order valence-corrected chi connectivity index (χ1v) is 14.8. The number of nitrogens with one attached hydrogen (secondary N) is 1. The molecule has 0 fully saturated rings. The monoisotopic (exact) mass is 590 g/mol. The van der Waals surface area contributed by atoms with Crippen molar-refractivity contribution in [3.8, 4) is 5.75 Å². The van der Waals surface area contributed by atoms with E-state index in [-0.39, 0.29) is 5.91 Å². The van der Waals surface area contributed by atoms with Crippen LogP contribution in [0.1, 0.15) is 113 Å². The zero-order valence-corrected chi connectivity index (χ0v) is 24.3. The first kappa shape index (κ1) is 31.0. The molecule has 2 rings (SSSR count). The molecule has 37 heavy (non-hydrogen) atoms. The lowest BCUT2D eigenvalue weighted by molar-refractivity contribution is -0.121. The number of halogens is 2. The van der Waals surface area contributed by atoms with E-state index in [0.29, 0.717) is 28.3 Å². The zero-order valence-electron chi connectivity index (χ0n) is 21.9. The number of amides is 1. The molecule has 2 aromatic carbocycles. The van der Waals surface area contributed by atoms with Crippen LogP contribution in [0.25, 0.3) is 0 Å². The molecule has 2 aromatic rings. The first-order valence-electron chi connectivity index (χ1n) is 13.6. The highest BCUT2D eigenvalue weighted by Gasteiger charge is 2.12. The average molecular weight is 592 g/mol. The van der Waals surface area contributed by atoms with Gasteiger partial charge in [-0.05, 0) is 48.9 Å². The molecular formula is C30H40BrClN2O3. The molecule has 0 radical (unpaired) electrons. The summed E-state index contributed by atoms with van der Waals surface area (Å²) in [7, 11) is 0. The van der Waals surface area contributed by atoms with Gasteiger partial charge in [0.25, 0.3) is 0 Å². The Bertz CT molecular complexity index is 979. The van der Waals surface area contributed by atoms with E-state index in [4.69, 9.17) is 16.3 Å². The van der Waals surface area contributed by atoms with Gasteiger partial charge in [-0.1, -0.05) is 112 Å². The number of hydrazone groups is 1. The number of rotatable bonds is 18. The summed E-state index contributed by atoms with van der Waals surface area (Å²) in [4.78, 5) is 24.6. The fourth-order valence-corrected chi connectivity index (χ4v) is 4.50. The van der Waals surface area contributed by atoms with Crippen LogP contribution in [0.4, 0.5) is 0 Å². The van der Waals surface area contributed by atoms with Crippen LogP contribution in [0.2, 0.25) is 5.02 Å². The Labute approximate surface area is 235 Å². The number of nitrogens with zero attached hydrogens (tertiary/aromatic N) is 1. The normalized spacial score (nSPS) is 11.1. The van der Waals surface area contributed by atoms with Crippen molar-refractivity contribution in [3.05, 3.63) is 63.1 Å². The van der Waals surface area contributed by atoms with Crippen LogP contribution < -0.4 is 10.2 Å². The molecule has 7 heteroatoms. The summed E-state index contributed by atoms with van der Waals surface area (Å²) >= 11 is 9.30. The van der Waals surface area contributed by atoms with Crippen LogP contribution in [-0.4, -0.2) is 18.1 Å². The summed E-state index contributed by atoms with van der Waals surface area (Å²) in [5.41, 5.74) is 3.53. The van der Waals surface area contributed by atoms with Gasteiger partial charge in [-0.15, -0.1) is 0 Å². The van der Waals surface area contributed by atoms with E-state index in [1.165, 1.54) is 76.8 Å². The summed E-state index contributed by atoms with van der Waals surface area (Å²) in [5, 5.41) is 4.61. The Hall–Kier alpha value is -2.18. The Morgan fingerprint density at radius 3 is 2.03 bits per heavy atom. The lowest BCUT2D eigenvalue weighted by Crippen LogP contribution is -2.17. The number of ether oxygens (including phenoxy) is 1. The molecule has 0 unspecified atom stereocenters. The van der Waals surface area contributed by atoms with Crippen LogP contribution in [-0.2, 0) is 4.79 Å². The predicted molar refractivity (Wildman–Crippen MR) is 157 cm³/mol. The number of carbonyl (C=O) groups is 2. The highest BCUT2D eigenvalue weighted by molar-refractivity contribution is 9.10. The van der Waals surface area contributed by atoms with Crippen molar-refractivity contribution in [1.29, 1.82) is 0 Å². The van der Waals surface area contributed by atoms with Gasteiger partial charge >= 0.3 is 5.97 Å². The molecule has 0 aliphatic rings.